The number of rotatable bonds is 11. The van der Waals surface area contributed by atoms with Crippen LogP contribution in [0.15, 0.2) is 73.1 Å². The molecule has 1 aliphatic heterocycles. The molecule has 2 aromatic carbocycles. The average Bonchev–Trinajstić information content (AvgIpc) is 3.27. The largest absolute Gasteiger partial charge is 0.367 e. The Labute approximate surface area is 191 Å². The monoisotopic (exact) mass is 441 g/mol. The molecule has 7 heteroatoms. The van der Waals surface area contributed by atoms with Gasteiger partial charge in [-0.25, -0.2) is 0 Å². The number of hydrogen-bond donors (Lipinski definition) is 1. The molecule has 0 saturated carbocycles. The second-order valence-electron chi connectivity index (χ2n) is 7.93. The van der Waals surface area contributed by atoms with Crippen LogP contribution < -0.4 is 0 Å². The first-order valence-corrected chi connectivity index (χ1v) is 11.2. The van der Waals surface area contributed by atoms with E-state index < -0.39 is 5.09 Å². The molecule has 7 nitrogen and oxygen atoms in total. The van der Waals surface area contributed by atoms with Gasteiger partial charge < -0.3 is 19.7 Å². The predicted molar refractivity (Wildman–Crippen MR) is 125 cm³/mol. The van der Waals surface area contributed by atoms with Gasteiger partial charge in [0, 0.05) is 18.9 Å². The maximum atomic E-state index is 8.36. The lowest BCUT2D eigenvalue weighted by Crippen LogP contribution is -2.37. The van der Waals surface area contributed by atoms with E-state index in [1.165, 1.54) is 36.8 Å². The van der Waals surface area contributed by atoms with E-state index >= 15 is 0 Å². The maximum absolute atomic E-state index is 8.36. The molecule has 0 radical (unpaired) electrons. The Kier molecular flexibility index (Phi) is 11.1. The molecule has 1 N–H and O–H groups in total. The molecule has 2 aromatic rings. The standard InChI is InChI=1S/C25H34N2O.HNO3/c1-3-4-5-12-17-26-18-19-27(21-26)22(2)25(24-15-10-7-11-16-24)28-20-23-13-8-6-9-14-23;2-1(3)4/h6-11,13-16,18-19,22,25H,3-5,12,17,20-21H2,1-2H3;(H,2,3,4). The Bertz CT molecular complexity index is 797. The van der Waals surface area contributed by atoms with E-state index in [1.807, 2.05) is 6.07 Å². The highest BCUT2D eigenvalue weighted by molar-refractivity contribution is 5.20. The summed E-state index contributed by atoms with van der Waals surface area (Å²) in [6.07, 6.45) is 9.72. The van der Waals surface area contributed by atoms with Crippen LogP contribution in [0.4, 0.5) is 0 Å². The first kappa shape index (κ1) is 25.2. The van der Waals surface area contributed by atoms with Crippen molar-refractivity contribution in [2.75, 3.05) is 13.2 Å². The molecule has 2 atom stereocenters. The zero-order chi connectivity index (χ0) is 23.2. The fraction of sp³-hybridized carbons (Fsp3) is 0.440. The zero-order valence-electron chi connectivity index (χ0n) is 19.0. The van der Waals surface area contributed by atoms with Gasteiger partial charge in [0.15, 0.2) is 0 Å². The van der Waals surface area contributed by atoms with Gasteiger partial charge in [-0.05, 0) is 24.5 Å². The van der Waals surface area contributed by atoms with E-state index in [-0.39, 0.29) is 12.1 Å². The Morgan fingerprint density at radius 2 is 1.66 bits per heavy atom. The molecule has 1 aliphatic rings. The van der Waals surface area contributed by atoms with Crippen molar-refractivity contribution in [3.05, 3.63) is 94.3 Å². The van der Waals surface area contributed by atoms with Crippen molar-refractivity contribution in [3.63, 3.8) is 0 Å². The summed E-state index contributed by atoms with van der Waals surface area (Å²) in [5.74, 6) is 0. The van der Waals surface area contributed by atoms with E-state index in [9.17, 15) is 0 Å². The molecular formula is C25H35N3O4. The van der Waals surface area contributed by atoms with Crippen LogP contribution in [0, 0.1) is 10.1 Å². The number of unbranched alkanes of at least 4 members (excludes halogenated alkanes) is 3. The lowest BCUT2D eigenvalue weighted by Gasteiger charge is -2.33. The molecule has 0 spiro atoms. The van der Waals surface area contributed by atoms with Crippen molar-refractivity contribution in [1.82, 2.24) is 9.80 Å². The molecule has 3 rings (SSSR count). The average molecular weight is 442 g/mol. The van der Waals surface area contributed by atoms with Gasteiger partial charge in [0.1, 0.15) is 6.10 Å². The van der Waals surface area contributed by atoms with Crippen molar-refractivity contribution in [1.29, 1.82) is 0 Å². The quantitative estimate of drug-likeness (QED) is 0.277. The lowest BCUT2D eigenvalue weighted by atomic mass is 10.0. The highest BCUT2D eigenvalue weighted by Gasteiger charge is 2.27. The van der Waals surface area contributed by atoms with E-state index in [1.54, 1.807) is 0 Å². The van der Waals surface area contributed by atoms with E-state index in [0.29, 0.717) is 6.61 Å². The summed E-state index contributed by atoms with van der Waals surface area (Å²) in [6, 6.07) is 21.3. The second kappa shape index (κ2) is 14.1. The Hall–Kier alpha value is -3.06. The van der Waals surface area contributed by atoms with Gasteiger partial charge in [-0.15, -0.1) is 10.1 Å². The minimum Gasteiger partial charge on any atom is -0.367 e. The first-order valence-electron chi connectivity index (χ1n) is 11.2. The SMILES string of the molecule is CCCCCCN1C=CN(C(C)C(OCc2ccccc2)c2ccccc2)C1.O=[N+]([O-])O. The van der Waals surface area contributed by atoms with Gasteiger partial charge in [0.05, 0.1) is 19.3 Å². The van der Waals surface area contributed by atoms with Crippen molar-refractivity contribution in [2.45, 2.75) is 58.3 Å². The molecule has 0 bridgehead atoms. The van der Waals surface area contributed by atoms with Gasteiger partial charge in [-0.3, -0.25) is 0 Å². The molecule has 2 unspecified atom stereocenters. The number of hydrogen-bond acceptors (Lipinski definition) is 5. The molecule has 0 aliphatic carbocycles. The van der Waals surface area contributed by atoms with Crippen molar-refractivity contribution < 1.29 is 15.0 Å². The molecule has 0 fully saturated rings. The molecular weight excluding hydrogens is 406 g/mol. The van der Waals surface area contributed by atoms with E-state index in [4.69, 9.17) is 20.1 Å². The fourth-order valence-corrected chi connectivity index (χ4v) is 3.73. The van der Waals surface area contributed by atoms with Crippen LogP contribution in [0.3, 0.4) is 0 Å². The summed E-state index contributed by atoms with van der Waals surface area (Å²) in [6.45, 7) is 7.25. The second-order valence-corrected chi connectivity index (χ2v) is 7.93. The summed E-state index contributed by atoms with van der Waals surface area (Å²) in [7, 11) is 0. The van der Waals surface area contributed by atoms with Gasteiger partial charge in [-0.2, -0.15) is 0 Å². The van der Waals surface area contributed by atoms with Gasteiger partial charge >= 0.3 is 0 Å². The lowest BCUT2D eigenvalue weighted by molar-refractivity contribution is -0.742. The highest BCUT2D eigenvalue weighted by Crippen LogP contribution is 2.28. The van der Waals surface area contributed by atoms with Crippen LogP contribution >= 0.6 is 0 Å². The number of benzene rings is 2. The molecule has 0 amide bonds. The van der Waals surface area contributed by atoms with Crippen molar-refractivity contribution in [3.8, 4) is 0 Å². The number of nitrogens with zero attached hydrogens (tertiary/aromatic N) is 3. The summed E-state index contributed by atoms with van der Waals surface area (Å²) in [5.41, 5.74) is 2.45. The van der Waals surface area contributed by atoms with Gasteiger partial charge in [0.25, 0.3) is 5.09 Å². The third kappa shape index (κ3) is 8.98. The molecule has 0 saturated heterocycles. The smallest absolute Gasteiger partial charge is 0.291 e. The van der Waals surface area contributed by atoms with Crippen molar-refractivity contribution >= 4 is 0 Å². The van der Waals surface area contributed by atoms with Crippen LogP contribution in [-0.4, -0.2) is 39.3 Å². The minimum atomic E-state index is -1.50. The number of ether oxygens (including phenoxy) is 1. The molecule has 174 valence electrons. The third-order valence-corrected chi connectivity index (χ3v) is 5.47. The maximum Gasteiger partial charge on any atom is 0.291 e. The molecule has 32 heavy (non-hydrogen) atoms. The Balaban J connectivity index is 0.000000837. The van der Waals surface area contributed by atoms with Gasteiger partial charge in [-0.1, -0.05) is 86.8 Å². The summed E-state index contributed by atoms with van der Waals surface area (Å²) >= 11 is 0. The third-order valence-electron chi connectivity index (χ3n) is 5.47. The van der Waals surface area contributed by atoms with Gasteiger partial charge in [0.2, 0.25) is 0 Å². The fourth-order valence-electron chi connectivity index (χ4n) is 3.73. The normalized spacial score (nSPS) is 14.6. The predicted octanol–water partition coefficient (Wildman–Crippen LogP) is 5.61. The van der Waals surface area contributed by atoms with Crippen LogP contribution in [0.2, 0.25) is 0 Å². The summed E-state index contributed by atoms with van der Waals surface area (Å²) < 4.78 is 6.44. The first-order chi connectivity index (χ1) is 15.5. The van der Waals surface area contributed by atoms with E-state index in [2.05, 4.69) is 90.6 Å². The summed E-state index contributed by atoms with van der Waals surface area (Å²) in [4.78, 5) is 13.2. The Morgan fingerprint density at radius 3 is 2.28 bits per heavy atom. The molecule has 1 heterocycles. The van der Waals surface area contributed by atoms with Crippen LogP contribution in [0.25, 0.3) is 0 Å². The summed E-state index contributed by atoms with van der Waals surface area (Å²) in [5, 5.41) is 13.6. The Morgan fingerprint density at radius 1 is 1.03 bits per heavy atom. The zero-order valence-corrected chi connectivity index (χ0v) is 19.0. The van der Waals surface area contributed by atoms with Crippen LogP contribution in [0.5, 0.6) is 0 Å². The topological polar surface area (TPSA) is 79.1 Å². The minimum absolute atomic E-state index is 0.0334. The highest BCUT2D eigenvalue weighted by atomic mass is 16.9. The molecule has 0 aromatic heterocycles. The van der Waals surface area contributed by atoms with Crippen LogP contribution in [-0.2, 0) is 11.3 Å². The van der Waals surface area contributed by atoms with Crippen LogP contribution in [0.1, 0.15) is 56.8 Å². The van der Waals surface area contributed by atoms with E-state index in [0.717, 1.165) is 13.2 Å². The van der Waals surface area contributed by atoms with Crippen molar-refractivity contribution in [2.24, 2.45) is 0 Å².